The summed E-state index contributed by atoms with van der Waals surface area (Å²) in [4.78, 5) is 0.389. The normalized spacial score (nSPS) is 21.1. The molecule has 2 aliphatic carbocycles. The highest BCUT2D eigenvalue weighted by molar-refractivity contribution is 7.89. The number of hydrogen-bond donors (Lipinski definition) is 1. The lowest BCUT2D eigenvalue weighted by Gasteiger charge is -2.22. The fraction of sp³-hybridized carbons (Fsp3) is 0.600. The van der Waals surface area contributed by atoms with Crippen molar-refractivity contribution in [2.75, 3.05) is 6.54 Å². The summed E-state index contributed by atoms with van der Waals surface area (Å²) < 4.78 is 27.4. The average Bonchev–Trinajstić information content (AvgIpc) is 3.27. The van der Waals surface area contributed by atoms with Crippen molar-refractivity contribution >= 4 is 10.0 Å². The number of sulfonamides is 1. The van der Waals surface area contributed by atoms with Crippen LogP contribution in [0.15, 0.2) is 29.2 Å². The zero-order valence-electron chi connectivity index (χ0n) is 11.8. The molecule has 3 rings (SSSR count). The van der Waals surface area contributed by atoms with Gasteiger partial charge in [0.2, 0.25) is 10.0 Å². The van der Waals surface area contributed by atoms with Crippen LogP contribution in [0.1, 0.15) is 44.2 Å². The summed E-state index contributed by atoms with van der Waals surface area (Å²) in [5.74, 6) is 0.571. The van der Waals surface area contributed by atoms with Crippen molar-refractivity contribution in [3.8, 4) is 0 Å². The summed E-state index contributed by atoms with van der Waals surface area (Å²) in [7, 11) is -3.37. The van der Waals surface area contributed by atoms with E-state index in [1.807, 2.05) is 13.0 Å². The molecular formula is C15H22N2O2S. The van der Waals surface area contributed by atoms with Crippen molar-refractivity contribution in [2.24, 2.45) is 11.7 Å². The molecular weight excluding hydrogens is 272 g/mol. The number of rotatable bonds is 6. The Hall–Kier alpha value is -0.910. The van der Waals surface area contributed by atoms with Crippen molar-refractivity contribution in [1.29, 1.82) is 0 Å². The fourth-order valence-corrected chi connectivity index (χ4v) is 4.27. The quantitative estimate of drug-likeness (QED) is 0.875. The molecule has 1 atom stereocenters. The summed E-state index contributed by atoms with van der Waals surface area (Å²) >= 11 is 0. The monoisotopic (exact) mass is 294 g/mol. The minimum Gasteiger partial charge on any atom is -0.324 e. The molecule has 0 heterocycles. The fourth-order valence-electron chi connectivity index (χ4n) is 2.45. The molecule has 4 nitrogen and oxygen atoms in total. The third-order valence-corrected chi connectivity index (χ3v) is 5.99. The Balaban J connectivity index is 1.90. The highest BCUT2D eigenvalue weighted by atomic mass is 32.2. The molecule has 0 spiro atoms. The Labute approximate surface area is 121 Å². The van der Waals surface area contributed by atoms with Gasteiger partial charge >= 0.3 is 0 Å². The van der Waals surface area contributed by atoms with Gasteiger partial charge in [-0.2, -0.15) is 4.31 Å². The van der Waals surface area contributed by atoms with E-state index < -0.39 is 10.0 Å². The van der Waals surface area contributed by atoms with Gasteiger partial charge in [-0.15, -0.1) is 0 Å². The van der Waals surface area contributed by atoms with Gasteiger partial charge in [-0.25, -0.2) is 8.42 Å². The van der Waals surface area contributed by atoms with Gasteiger partial charge in [0.1, 0.15) is 0 Å². The molecule has 1 aromatic rings. The van der Waals surface area contributed by atoms with Crippen LogP contribution in [0.5, 0.6) is 0 Å². The van der Waals surface area contributed by atoms with E-state index in [0.717, 1.165) is 18.4 Å². The van der Waals surface area contributed by atoms with Gasteiger partial charge < -0.3 is 5.73 Å². The molecule has 0 radical (unpaired) electrons. The second-order valence-corrected chi connectivity index (χ2v) is 8.00. The molecule has 2 N–H and O–H groups in total. The van der Waals surface area contributed by atoms with Crippen molar-refractivity contribution in [2.45, 2.75) is 49.6 Å². The zero-order chi connectivity index (χ0) is 14.3. The van der Waals surface area contributed by atoms with Crippen LogP contribution in [0.4, 0.5) is 0 Å². The minimum atomic E-state index is -3.37. The smallest absolute Gasteiger partial charge is 0.243 e. The summed E-state index contributed by atoms with van der Waals surface area (Å²) in [5.41, 5.74) is 6.73. The maximum atomic E-state index is 12.8. The molecule has 110 valence electrons. The highest BCUT2D eigenvalue weighted by Crippen LogP contribution is 2.38. The summed E-state index contributed by atoms with van der Waals surface area (Å²) in [6.07, 6.45) is 4.33. The van der Waals surface area contributed by atoms with Crippen molar-refractivity contribution < 1.29 is 8.42 Å². The van der Waals surface area contributed by atoms with Crippen molar-refractivity contribution in [3.63, 3.8) is 0 Å². The van der Waals surface area contributed by atoms with Crippen LogP contribution in [-0.4, -0.2) is 25.3 Å². The molecule has 0 amide bonds. The first-order valence-electron chi connectivity index (χ1n) is 7.36. The van der Waals surface area contributed by atoms with E-state index in [-0.39, 0.29) is 12.1 Å². The molecule has 0 bridgehead atoms. The Kier molecular flexibility index (Phi) is 3.60. The van der Waals surface area contributed by atoms with Gasteiger partial charge in [0, 0.05) is 18.6 Å². The highest BCUT2D eigenvalue weighted by Gasteiger charge is 2.41. The van der Waals surface area contributed by atoms with Crippen LogP contribution in [-0.2, 0) is 10.0 Å². The summed E-state index contributed by atoms with van der Waals surface area (Å²) in [5, 5.41) is 0. The molecule has 2 fully saturated rings. The average molecular weight is 294 g/mol. The van der Waals surface area contributed by atoms with E-state index in [1.54, 1.807) is 22.5 Å². The lowest BCUT2D eigenvalue weighted by molar-refractivity contribution is 0.388. The van der Waals surface area contributed by atoms with E-state index in [9.17, 15) is 8.42 Å². The van der Waals surface area contributed by atoms with Gasteiger partial charge in [-0.1, -0.05) is 12.1 Å². The molecule has 2 aliphatic rings. The maximum Gasteiger partial charge on any atom is 0.243 e. The zero-order valence-corrected chi connectivity index (χ0v) is 12.6. The second-order valence-electron chi connectivity index (χ2n) is 6.11. The molecule has 2 saturated carbocycles. The maximum absolute atomic E-state index is 12.8. The topological polar surface area (TPSA) is 63.4 Å². The standard InChI is InChI=1S/C15H22N2O2S/c1-11(16)13-3-2-4-15(9-13)20(18,19)17(14-7-8-14)10-12-5-6-12/h2-4,9,11-12,14H,5-8,10,16H2,1H3. The SMILES string of the molecule is CC(N)c1cccc(S(=O)(=O)N(CC2CC2)C2CC2)c1. The molecule has 1 unspecified atom stereocenters. The van der Waals surface area contributed by atoms with E-state index in [1.165, 1.54) is 12.8 Å². The predicted octanol–water partition coefficient (Wildman–Crippen LogP) is 2.27. The van der Waals surface area contributed by atoms with Crippen LogP contribution in [0.3, 0.4) is 0 Å². The molecule has 5 heteroatoms. The first kappa shape index (κ1) is 14.0. The molecule has 0 aromatic heterocycles. The van der Waals surface area contributed by atoms with Crippen LogP contribution in [0, 0.1) is 5.92 Å². The lowest BCUT2D eigenvalue weighted by atomic mass is 10.1. The second kappa shape index (κ2) is 5.13. The number of nitrogens with two attached hydrogens (primary N) is 1. The van der Waals surface area contributed by atoms with Gasteiger partial charge in [-0.3, -0.25) is 0 Å². The number of hydrogen-bond acceptors (Lipinski definition) is 3. The van der Waals surface area contributed by atoms with Crippen molar-refractivity contribution in [3.05, 3.63) is 29.8 Å². The molecule has 1 aromatic carbocycles. The number of benzene rings is 1. The number of nitrogens with zero attached hydrogens (tertiary/aromatic N) is 1. The Morgan fingerprint density at radius 2 is 2.00 bits per heavy atom. The van der Waals surface area contributed by atoms with Crippen LogP contribution < -0.4 is 5.73 Å². The predicted molar refractivity (Wildman–Crippen MR) is 78.7 cm³/mol. The first-order chi connectivity index (χ1) is 9.48. The van der Waals surface area contributed by atoms with Gasteiger partial charge in [0.05, 0.1) is 4.90 Å². The van der Waals surface area contributed by atoms with E-state index in [0.29, 0.717) is 17.4 Å². The summed E-state index contributed by atoms with van der Waals surface area (Å²) in [6.45, 7) is 2.56. The largest absolute Gasteiger partial charge is 0.324 e. The Morgan fingerprint density at radius 1 is 1.30 bits per heavy atom. The van der Waals surface area contributed by atoms with Crippen molar-refractivity contribution in [1.82, 2.24) is 4.31 Å². The Morgan fingerprint density at radius 3 is 2.55 bits per heavy atom. The van der Waals surface area contributed by atoms with Crippen LogP contribution in [0.25, 0.3) is 0 Å². The third kappa shape index (κ3) is 2.90. The van der Waals surface area contributed by atoms with E-state index >= 15 is 0 Å². The van der Waals surface area contributed by atoms with E-state index in [2.05, 4.69) is 0 Å². The lowest BCUT2D eigenvalue weighted by Crippen LogP contribution is -2.35. The van der Waals surface area contributed by atoms with E-state index in [4.69, 9.17) is 5.73 Å². The summed E-state index contributed by atoms with van der Waals surface area (Å²) in [6, 6.07) is 7.15. The van der Waals surface area contributed by atoms with Gasteiger partial charge in [-0.05, 0) is 56.2 Å². The minimum absolute atomic E-state index is 0.150. The Bertz CT molecular complexity index is 590. The van der Waals surface area contributed by atoms with Gasteiger partial charge in [0.15, 0.2) is 0 Å². The molecule has 0 aliphatic heterocycles. The third-order valence-electron chi connectivity index (χ3n) is 4.08. The first-order valence-corrected chi connectivity index (χ1v) is 8.80. The molecule has 20 heavy (non-hydrogen) atoms. The van der Waals surface area contributed by atoms with Crippen LogP contribution >= 0.6 is 0 Å². The van der Waals surface area contributed by atoms with Gasteiger partial charge in [0.25, 0.3) is 0 Å². The molecule has 0 saturated heterocycles. The van der Waals surface area contributed by atoms with Crippen LogP contribution in [0.2, 0.25) is 0 Å².